The van der Waals surface area contributed by atoms with Crippen LogP contribution >= 0.6 is 0 Å². The summed E-state index contributed by atoms with van der Waals surface area (Å²) in [6.45, 7) is 3.93. The predicted molar refractivity (Wildman–Crippen MR) is 78.0 cm³/mol. The number of carbonyl (C=O) groups is 1. The lowest BCUT2D eigenvalue weighted by molar-refractivity contribution is -0.137. The van der Waals surface area contributed by atoms with Crippen LogP contribution in [0.1, 0.15) is 84.5 Å². The second-order valence-electron chi connectivity index (χ2n) is 4.86. The molecule has 116 valence electrons. The molecule has 0 radical (unpaired) electrons. The average molecular weight is 276 g/mol. The molecule has 0 spiro atoms. The summed E-state index contributed by atoms with van der Waals surface area (Å²) < 4.78 is 0. The lowest BCUT2D eigenvalue weighted by Crippen LogP contribution is -1.99. The molecule has 0 saturated carbocycles. The van der Waals surface area contributed by atoms with Gasteiger partial charge in [-0.05, 0) is 12.8 Å². The summed E-state index contributed by atoms with van der Waals surface area (Å²) in [4.78, 5) is 10.2. The van der Waals surface area contributed by atoms with Crippen LogP contribution in [0.2, 0.25) is 0 Å². The maximum Gasteiger partial charge on any atom is 0.303 e. The summed E-state index contributed by atoms with van der Waals surface area (Å²) in [5.74, 6) is -0.659. The van der Waals surface area contributed by atoms with Crippen molar-refractivity contribution in [3.8, 4) is 0 Å². The van der Waals surface area contributed by atoms with E-state index in [1.54, 1.807) is 6.92 Å². The molecule has 19 heavy (non-hydrogen) atoms. The average Bonchev–Trinajstić information content (AvgIpc) is 2.37. The number of carboxylic acids is 1. The van der Waals surface area contributed by atoms with Gasteiger partial charge < -0.3 is 15.3 Å². The molecular formula is C15H32O4. The van der Waals surface area contributed by atoms with Crippen molar-refractivity contribution >= 4 is 5.97 Å². The molecule has 0 aromatic rings. The third kappa shape index (κ3) is 26.8. The van der Waals surface area contributed by atoms with E-state index < -0.39 is 12.3 Å². The van der Waals surface area contributed by atoms with Gasteiger partial charge in [0, 0.05) is 6.42 Å². The number of hydrogen-bond acceptors (Lipinski definition) is 3. The van der Waals surface area contributed by atoms with E-state index in [1.807, 2.05) is 0 Å². The Morgan fingerprint density at radius 3 is 1.53 bits per heavy atom. The van der Waals surface area contributed by atoms with E-state index in [2.05, 4.69) is 6.92 Å². The van der Waals surface area contributed by atoms with E-state index >= 15 is 0 Å². The second-order valence-corrected chi connectivity index (χ2v) is 4.86. The molecule has 4 nitrogen and oxygen atoms in total. The minimum absolute atomic E-state index is 0.343. The Balaban J connectivity index is 0. The van der Waals surface area contributed by atoms with Crippen molar-refractivity contribution in [3.05, 3.63) is 0 Å². The van der Waals surface area contributed by atoms with Crippen molar-refractivity contribution < 1.29 is 20.1 Å². The van der Waals surface area contributed by atoms with Crippen LogP contribution in [0.25, 0.3) is 0 Å². The Morgan fingerprint density at radius 2 is 1.21 bits per heavy atom. The Hall–Kier alpha value is -0.610. The van der Waals surface area contributed by atoms with E-state index in [4.69, 9.17) is 15.3 Å². The molecule has 0 aliphatic rings. The molecule has 0 amide bonds. The Labute approximate surface area is 117 Å². The highest BCUT2D eigenvalue weighted by molar-refractivity contribution is 5.66. The highest BCUT2D eigenvalue weighted by Gasteiger charge is 1.96. The zero-order chi connectivity index (χ0) is 14.9. The molecule has 0 rings (SSSR count). The molecule has 0 atom stereocenters. The van der Waals surface area contributed by atoms with Crippen molar-refractivity contribution in [2.75, 3.05) is 0 Å². The van der Waals surface area contributed by atoms with Gasteiger partial charge in [-0.25, -0.2) is 0 Å². The maximum absolute atomic E-state index is 10.2. The molecule has 0 unspecified atom stereocenters. The van der Waals surface area contributed by atoms with Gasteiger partial charge in [-0.2, -0.15) is 0 Å². The van der Waals surface area contributed by atoms with Crippen molar-refractivity contribution in [1.82, 2.24) is 0 Å². The predicted octanol–water partition coefficient (Wildman–Crippen LogP) is 3.70. The fourth-order valence-electron chi connectivity index (χ4n) is 1.59. The van der Waals surface area contributed by atoms with Crippen molar-refractivity contribution in [2.45, 2.75) is 90.8 Å². The molecule has 0 saturated heterocycles. The molecule has 0 aliphatic heterocycles. The van der Waals surface area contributed by atoms with Gasteiger partial charge in [0.05, 0.1) is 0 Å². The Morgan fingerprint density at radius 1 is 0.842 bits per heavy atom. The fraction of sp³-hybridized carbons (Fsp3) is 0.933. The van der Waals surface area contributed by atoms with Crippen molar-refractivity contribution in [1.29, 1.82) is 0 Å². The highest BCUT2D eigenvalue weighted by atomic mass is 16.5. The van der Waals surface area contributed by atoms with Crippen molar-refractivity contribution in [3.63, 3.8) is 0 Å². The van der Waals surface area contributed by atoms with Gasteiger partial charge in [-0.3, -0.25) is 4.79 Å². The lowest BCUT2D eigenvalue weighted by Gasteiger charge is -2.00. The number of unbranched alkanes of at least 4 members (excludes halogenated alkanes) is 8. The summed E-state index contributed by atoms with van der Waals surface area (Å²) in [7, 11) is 0. The van der Waals surface area contributed by atoms with Gasteiger partial charge in [-0.1, -0.05) is 65.2 Å². The van der Waals surface area contributed by atoms with Crippen LogP contribution in [0.15, 0.2) is 0 Å². The van der Waals surface area contributed by atoms with Gasteiger partial charge in [-0.15, -0.1) is 0 Å². The Bertz CT molecular complexity index is 181. The number of aliphatic carboxylic acids is 1. The normalized spacial score (nSPS) is 10.2. The maximum atomic E-state index is 10.2. The van der Waals surface area contributed by atoms with Crippen LogP contribution in [-0.4, -0.2) is 27.6 Å². The minimum atomic E-state index is -1.12. The number of rotatable bonds is 11. The smallest absolute Gasteiger partial charge is 0.303 e. The van der Waals surface area contributed by atoms with E-state index in [0.717, 1.165) is 12.8 Å². The van der Waals surface area contributed by atoms with Crippen LogP contribution < -0.4 is 0 Å². The second kappa shape index (κ2) is 17.4. The largest absolute Gasteiger partial charge is 0.481 e. The molecule has 0 aromatic carbocycles. The van der Waals surface area contributed by atoms with Gasteiger partial charge in [0.2, 0.25) is 0 Å². The van der Waals surface area contributed by atoms with E-state index in [0.29, 0.717) is 12.8 Å². The number of carboxylic acid groups (broad SMARTS) is 1. The zero-order valence-electron chi connectivity index (χ0n) is 12.6. The van der Waals surface area contributed by atoms with E-state index in [1.165, 1.54) is 44.9 Å². The topological polar surface area (TPSA) is 77.8 Å². The summed E-state index contributed by atoms with van der Waals surface area (Å²) in [5.41, 5.74) is 0. The van der Waals surface area contributed by atoms with Gasteiger partial charge >= 0.3 is 5.97 Å². The van der Waals surface area contributed by atoms with E-state index in [9.17, 15) is 4.79 Å². The molecule has 3 N–H and O–H groups in total. The summed E-state index contributed by atoms with van der Waals surface area (Å²) in [5, 5.41) is 24.2. The number of aliphatic hydroxyl groups excluding tert-OH is 1. The van der Waals surface area contributed by atoms with Gasteiger partial charge in [0.15, 0.2) is 6.29 Å². The molecule has 0 bridgehead atoms. The molecule has 0 aromatic heterocycles. The third-order valence-corrected chi connectivity index (χ3v) is 2.86. The van der Waals surface area contributed by atoms with Gasteiger partial charge in [0.25, 0.3) is 0 Å². The van der Waals surface area contributed by atoms with Gasteiger partial charge in [0.1, 0.15) is 0 Å². The summed E-state index contributed by atoms with van der Waals surface area (Å²) in [6, 6.07) is 0. The zero-order valence-corrected chi connectivity index (χ0v) is 12.6. The first kappa shape index (κ1) is 20.7. The third-order valence-electron chi connectivity index (χ3n) is 2.86. The minimum Gasteiger partial charge on any atom is -0.481 e. The molecular weight excluding hydrogens is 244 g/mol. The first-order valence-corrected chi connectivity index (χ1v) is 7.62. The highest BCUT2D eigenvalue weighted by Crippen LogP contribution is 2.10. The van der Waals surface area contributed by atoms with Crippen LogP contribution in [0, 0.1) is 0 Å². The number of hydrogen-bond donors (Lipinski definition) is 3. The monoisotopic (exact) mass is 276 g/mol. The van der Waals surface area contributed by atoms with Crippen LogP contribution in [0.4, 0.5) is 0 Å². The van der Waals surface area contributed by atoms with E-state index in [-0.39, 0.29) is 0 Å². The first-order valence-electron chi connectivity index (χ1n) is 7.62. The Kier molecular flexibility index (Phi) is 18.9. The molecule has 0 fully saturated rings. The first-order chi connectivity index (χ1) is 9.04. The van der Waals surface area contributed by atoms with Crippen molar-refractivity contribution in [2.24, 2.45) is 0 Å². The lowest BCUT2D eigenvalue weighted by atomic mass is 10.1. The molecule has 4 heteroatoms. The summed E-state index contributed by atoms with van der Waals surface area (Å²) in [6.07, 6.45) is 10.8. The molecule has 0 aliphatic carbocycles. The molecule has 0 heterocycles. The van der Waals surface area contributed by atoms with Crippen LogP contribution in [-0.2, 0) is 4.79 Å². The quantitative estimate of drug-likeness (QED) is 0.397. The van der Waals surface area contributed by atoms with Crippen LogP contribution in [0.3, 0.4) is 0 Å². The van der Waals surface area contributed by atoms with Crippen LogP contribution in [0.5, 0.6) is 0 Å². The standard InChI is InChI=1S/C12H24O2.C3H8O2/c1-2-3-4-5-6-7-8-9-10-11-12(13)14;1-2-3(4)5/h2-11H2,1H3,(H,13,14);3-5H,2H2,1H3. The fourth-order valence-corrected chi connectivity index (χ4v) is 1.59. The number of aliphatic hydroxyl groups is 2. The summed E-state index contributed by atoms with van der Waals surface area (Å²) >= 11 is 0. The SMILES string of the molecule is CCC(O)O.CCCCCCCCCCCC(=O)O.